The summed E-state index contributed by atoms with van der Waals surface area (Å²) in [6.45, 7) is 1.77. The lowest BCUT2D eigenvalue weighted by Gasteiger charge is -2.15. The fourth-order valence-corrected chi connectivity index (χ4v) is 3.10. The average molecular weight is 394 g/mol. The van der Waals surface area contributed by atoms with Gasteiger partial charge >= 0.3 is 0 Å². The van der Waals surface area contributed by atoms with Gasteiger partial charge in [0.05, 0.1) is 37.1 Å². The number of rotatable bonds is 6. The van der Waals surface area contributed by atoms with Gasteiger partial charge in [-0.25, -0.2) is 9.67 Å². The smallest absolute Gasteiger partial charge is 0.297 e. The van der Waals surface area contributed by atoms with E-state index in [2.05, 4.69) is 4.99 Å². The first-order valence-corrected chi connectivity index (χ1v) is 8.75. The van der Waals surface area contributed by atoms with E-state index in [9.17, 15) is 14.7 Å². The monoisotopic (exact) mass is 394 g/mol. The number of benzene rings is 2. The zero-order valence-corrected chi connectivity index (χ0v) is 16.5. The Kier molecular flexibility index (Phi) is 5.54. The van der Waals surface area contributed by atoms with E-state index >= 15 is 0 Å². The highest BCUT2D eigenvalue weighted by molar-refractivity contribution is 6.01. The molecule has 0 saturated carbocycles. The molecule has 0 spiro atoms. The minimum absolute atomic E-state index is 0.0305. The molecule has 2 aromatic carbocycles. The van der Waals surface area contributed by atoms with Crippen molar-refractivity contribution in [3.05, 3.63) is 69.6 Å². The lowest BCUT2D eigenvalue weighted by molar-refractivity contribution is -0.255. The summed E-state index contributed by atoms with van der Waals surface area (Å²) in [7, 11) is 4.50. The van der Waals surface area contributed by atoms with Crippen LogP contribution in [0.15, 0.2) is 52.3 Å². The number of para-hydroxylation sites is 1. The van der Waals surface area contributed by atoms with Crippen LogP contribution < -0.4 is 20.1 Å². The first kappa shape index (κ1) is 19.9. The predicted octanol–water partition coefficient (Wildman–Crippen LogP) is 1.62. The van der Waals surface area contributed by atoms with Gasteiger partial charge in [0.15, 0.2) is 17.2 Å². The van der Waals surface area contributed by atoms with Crippen LogP contribution in [-0.2, 0) is 7.05 Å². The molecule has 0 aliphatic heterocycles. The lowest BCUT2D eigenvalue weighted by Crippen LogP contribution is -2.24. The van der Waals surface area contributed by atoms with Gasteiger partial charge in [0, 0.05) is 18.8 Å². The Morgan fingerprint density at radius 2 is 1.79 bits per heavy atom. The van der Waals surface area contributed by atoms with Crippen molar-refractivity contribution in [2.24, 2.45) is 12.0 Å². The molecule has 1 aromatic heterocycles. The molecule has 0 atom stereocenters. The van der Waals surface area contributed by atoms with Gasteiger partial charge in [-0.3, -0.25) is 9.48 Å². The molecule has 150 valence electrons. The normalized spacial score (nSPS) is 11.0. The van der Waals surface area contributed by atoms with Crippen LogP contribution >= 0.6 is 0 Å². The lowest BCUT2D eigenvalue weighted by atomic mass is 10.1. The second-order valence-corrected chi connectivity index (χ2v) is 6.22. The van der Waals surface area contributed by atoms with E-state index in [1.54, 1.807) is 24.7 Å². The number of methoxy groups -OCH3 is 2. The minimum Gasteiger partial charge on any atom is -0.545 e. The number of hydrogen-bond donors (Lipinski definition) is 0. The van der Waals surface area contributed by atoms with Crippen molar-refractivity contribution in [1.29, 1.82) is 0 Å². The summed E-state index contributed by atoms with van der Waals surface area (Å²) in [5, 5.41) is 11.7. The summed E-state index contributed by atoms with van der Waals surface area (Å²) < 4.78 is 13.5. The Hall–Kier alpha value is -3.81. The zero-order valence-electron chi connectivity index (χ0n) is 16.5. The van der Waals surface area contributed by atoms with Crippen molar-refractivity contribution in [2.75, 3.05) is 14.2 Å². The summed E-state index contributed by atoms with van der Waals surface area (Å²) in [6.07, 6.45) is 1.31. The first-order valence-electron chi connectivity index (χ1n) is 8.75. The summed E-state index contributed by atoms with van der Waals surface area (Å²) in [6, 6.07) is 12.2. The molecule has 8 nitrogen and oxygen atoms in total. The van der Waals surface area contributed by atoms with E-state index in [1.165, 1.54) is 31.2 Å². The molecule has 8 heteroatoms. The molecule has 0 aliphatic carbocycles. The average Bonchev–Trinajstić information content (AvgIpc) is 2.94. The molecule has 1 heterocycles. The molecule has 0 unspecified atom stereocenters. The van der Waals surface area contributed by atoms with Crippen LogP contribution in [0.2, 0.25) is 0 Å². The second kappa shape index (κ2) is 8.05. The number of carbonyl (C=O) groups is 1. The maximum absolute atomic E-state index is 12.9. The van der Waals surface area contributed by atoms with Crippen molar-refractivity contribution < 1.29 is 19.4 Å². The predicted molar refractivity (Wildman–Crippen MR) is 107 cm³/mol. The van der Waals surface area contributed by atoms with E-state index in [-0.39, 0.29) is 33.9 Å². The zero-order chi connectivity index (χ0) is 21.1. The fraction of sp³-hybridized carbons (Fsp3) is 0.190. The van der Waals surface area contributed by atoms with Gasteiger partial charge in [-0.15, -0.1) is 0 Å². The summed E-state index contributed by atoms with van der Waals surface area (Å²) in [4.78, 5) is 28.9. The molecular weight excluding hydrogens is 374 g/mol. The summed E-state index contributed by atoms with van der Waals surface area (Å²) >= 11 is 0. The molecule has 0 aliphatic rings. The van der Waals surface area contributed by atoms with Gasteiger partial charge in [0.1, 0.15) is 0 Å². The third kappa shape index (κ3) is 3.52. The number of nitrogens with zero attached hydrogens (tertiary/aromatic N) is 3. The summed E-state index contributed by atoms with van der Waals surface area (Å²) in [5.41, 5.74) is 1.25. The Balaban J connectivity index is 2.13. The van der Waals surface area contributed by atoms with Gasteiger partial charge in [0.25, 0.3) is 5.56 Å². The van der Waals surface area contributed by atoms with Gasteiger partial charge < -0.3 is 19.4 Å². The molecule has 3 aromatic rings. The van der Waals surface area contributed by atoms with E-state index in [0.29, 0.717) is 11.4 Å². The number of aromatic carboxylic acids is 1. The van der Waals surface area contributed by atoms with Crippen molar-refractivity contribution in [1.82, 2.24) is 9.36 Å². The van der Waals surface area contributed by atoms with Gasteiger partial charge in [-0.1, -0.05) is 18.2 Å². The Bertz CT molecular complexity index is 1140. The van der Waals surface area contributed by atoms with Crippen molar-refractivity contribution >= 4 is 17.9 Å². The number of carbonyl (C=O) groups excluding carboxylic acids is 1. The van der Waals surface area contributed by atoms with Crippen molar-refractivity contribution in [2.45, 2.75) is 6.92 Å². The standard InChI is InChI=1S/C21H21N3O5/c1-13-18(20(25)24(23(13)2)15-8-6-5-7-9-15)22-12-14-10-11-16(28-3)19(29-4)17(14)21(26)27/h5-12H,1-4H3,(H,26,27)/p-1. The van der Waals surface area contributed by atoms with Gasteiger partial charge in [0.2, 0.25) is 0 Å². The fourth-order valence-electron chi connectivity index (χ4n) is 3.10. The molecule has 3 rings (SSSR count). The van der Waals surface area contributed by atoms with Crippen LogP contribution in [0.4, 0.5) is 5.69 Å². The third-order valence-corrected chi connectivity index (χ3v) is 4.64. The molecule has 0 N–H and O–H groups in total. The Labute approximate surface area is 167 Å². The minimum atomic E-state index is -1.44. The highest BCUT2D eigenvalue weighted by Gasteiger charge is 2.17. The summed E-state index contributed by atoms with van der Waals surface area (Å²) in [5.74, 6) is -1.15. The van der Waals surface area contributed by atoms with Crippen LogP contribution in [0.1, 0.15) is 21.6 Å². The van der Waals surface area contributed by atoms with E-state index in [1.807, 2.05) is 30.3 Å². The molecule has 0 radical (unpaired) electrons. The van der Waals surface area contributed by atoms with Crippen molar-refractivity contribution in [3.63, 3.8) is 0 Å². The van der Waals surface area contributed by atoms with Crippen LogP contribution in [0.25, 0.3) is 5.69 Å². The number of ether oxygens (including phenoxy) is 2. The second-order valence-electron chi connectivity index (χ2n) is 6.22. The molecule has 0 bridgehead atoms. The van der Waals surface area contributed by atoms with Gasteiger partial charge in [-0.2, -0.15) is 0 Å². The Morgan fingerprint density at radius 1 is 1.10 bits per heavy atom. The third-order valence-electron chi connectivity index (χ3n) is 4.64. The number of aliphatic imine (C=N–C) groups is 1. The highest BCUT2D eigenvalue weighted by atomic mass is 16.5. The van der Waals surface area contributed by atoms with E-state index in [4.69, 9.17) is 9.47 Å². The first-order chi connectivity index (χ1) is 13.9. The maximum atomic E-state index is 12.9. The largest absolute Gasteiger partial charge is 0.545 e. The van der Waals surface area contributed by atoms with Crippen LogP contribution in [0.5, 0.6) is 11.5 Å². The topological polar surface area (TPSA) is 97.9 Å². The number of aromatic nitrogens is 2. The van der Waals surface area contributed by atoms with Crippen molar-refractivity contribution in [3.8, 4) is 17.2 Å². The molecule has 0 amide bonds. The number of carboxylic acid groups (broad SMARTS) is 1. The maximum Gasteiger partial charge on any atom is 0.297 e. The number of hydrogen-bond acceptors (Lipinski definition) is 6. The van der Waals surface area contributed by atoms with Crippen LogP contribution in [-0.4, -0.2) is 35.8 Å². The highest BCUT2D eigenvalue weighted by Crippen LogP contribution is 2.32. The molecule has 0 saturated heterocycles. The van der Waals surface area contributed by atoms with E-state index in [0.717, 1.165) is 0 Å². The Morgan fingerprint density at radius 3 is 2.38 bits per heavy atom. The SMILES string of the molecule is COc1ccc(C=Nc2c(C)n(C)n(-c3ccccc3)c2=O)c(C(=O)[O-])c1OC. The van der Waals surface area contributed by atoms with Gasteiger partial charge in [-0.05, 0) is 31.2 Å². The molecule has 0 fully saturated rings. The molecular formula is C21H20N3O5-. The molecule has 29 heavy (non-hydrogen) atoms. The van der Waals surface area contributed by atoms with Crippen LogP contribution in [0, 0.1) is 6.92 Å². The van der Waals surface area contributed by atoms with E-state index < -0.39 is 5.97 Å². The number of carboxylic acids is 1. The van der Waals surface area contributed by atoms with Crippen LogP contribution in [0.3, 0.4) is 0 Å². The quantitative estimate of drug-likeness (QED) is 0.592.